The molecule has 1 aromatic carbocycles. The first-order chi connectivity index (χ1) is 7.57. The lowest BCUT2D eigenvalue weighted by molar-refractivity contribution is -0.195. The van der Waals surface area contributed by atoms with E-state index < -0.39 is 11.8 Å². The van der Waals surface area contributed by atoms with Crippen LogP contribution in [0.4, 0.5) is 0 Å². The van der Waals surface area contributed by atoms with Gasteiger partial charge in [-0.3, -0.25) is 0 Å². The summed E-state index contributed by atoms with van der Waals surface area (Å²) >= 11 is 0. The van der Waals surface area contributed by atoms with Crippen LogP contribution in [-0.4, -0.2) is 23.3 Å². The summed E-state index contributed by atoms with van der Waals surface area (Å²) < 4.78 is 5.04. The van der Waals surface area contributed by atoms with Crippen LogP contribution in [0.5, 0.6) is 0 Å². The molecule has 0 heterocycles. The zero-order chi connectivity index (χ0) is 11.8. The van der Waals surface area contributed by atoms with Gasteiger partial charge in [-0.15, -0.1) is 0 Å². The number of rotatable bonds is 2. The van der Waals surface area contributed by atoms with Crippen LogP contribution in [0, 0.1) is 0 Å². The second-order valence-electron chi connectivity index (χ2n) is 3.73. The van der Waals surface area contributed by atoms with Gasteiger partial charge in [0.25, 0.3) is 0 Å². The van der Waals surface area contributed by atoms with Crippen LogP contribution < -0.4 is 0 Å². The molecule has 0 saturated heterocycles. The summed E-state index contributed by atoms with van der Waals surface area (Å²) in [6.45, 7) is 0. The van der Waals surface area contributed by atoms with Crippen LogP contribution >= 0.6 is 0 Å². The van der Waals surface area contributed by atoms with Gasteiger partial charge in [0, 0.05) is 24.7 Å². The first kappa shape index (κ1) is 10.9. The standard InChI is InChI=1S/C12H12O4/c1-16-12(15)7-9(11(13)14)6-8-4-2-3-5-10(8)12/h2-6,15H,7H2,1H3,(H,13,14). The summed E-state index contributed by atoms with van der Waals surface area (Å²) in [6.07, 6.45) is 1.51. The van der Waals surface area contributed by atoms with E-state index in [0.717, 1.165) is 0 Å². The maximum Gasteiger partial charge on any atom is 0.331 e. The van der Waals surface area contributed by atoms with Crippen LogP contribution in [0.25, 0.3) is 6.08 Å². The molecule has 2 N–H and O–H groups in total. The number of benzene rings is 1. The SMILES string of the molecule is COC1(O)CC(C(=O)O)=Cc2ccccc21. The minimum absolute atomic E-state index is 0.0458. The summed E-state index contributed by atoms with van der Waals surface area (Å²) in [5.74, 6) is -2.58. The molecule has 4 nitrogen and oxygen atoms in total. The molecule has 1 atom stereocenters. The number of carbonyl (C=O) groups is 1. The molecule has 0 fully saturated rings. The van der Waals surface area contributed by atoms with Crippen LogP contribution in [0.1, 0.15) is 17.5 Å². The van der Waals surface area contributed by atoms with E-state index in [9.17, 15) is 9.90 Å². The highest BCUT2D eigenvalue weighted by Gasteiger charge is 2.36. The molecular formula is C12H12O4. The molecule has 4 heteroatoms. The number of ether oxygens (including phenoxy) is 1. The second kappa shape index (κ2) is 3.73. The molecule has 0 amide bonds. The van der Waals surface area contributed by atoms with E-state index in [1.165, 1.54) is 7.11 Å². The Hall–Kier alpha value is -1.65. The molecule has 1 aliphatic rings. The monoisotopic (exact) mass is 220 g/mol. The van der Waals surface area contributed by atoms with E-state index in [-0.39, 0.29) is 12.0 Å². The molecule has 0 spiro atoms. The van der Waals surface area contributed by atoms with Crippen molar-refractivity contribution in [1.29, 1.82) is 0 Å². The molecule has 0 bridgehead atoms. The number of hydrogen-bond donors (Lipinski definition) is 2. The van der Waals surface area contributed by atoms with Gasteiger partial charge in [0.15, 0.2) is 5.79 Å². The van der Waals surface area contributed by atoms with Crippen molar-refractivity contribution in [1.82, 2.24) is 0 Å². The van der Waals surface area contributed by atoms with Crippen molar-refractivity contribution in [3.63, 3.8) is 0 Å². The van der Waals surface area contributed by atoms with Gasteiger partial charge in [-0.1, -0.05) is 24.3 Å². The van der Waals surface area contributed by atoms with Crippen molar-refractivity contribution in [3.8, 4) is 0 Å². The number of hydrogen-bond acceptors (Lipinski definition) is 3. The van der Waals surface area contributed by atoms with E-state index in [0.29, 0.717) is 11.1 Å². The van der Waals surface area contributed by atoms with Gasteiger partial charge in [-0.05, 0) is 11.6 Å². The first-order valence-corrected chi connectivity index (χ1v) is 4.88. The number of fused-ring (bicyclic) bond motifs is 1. The predicted octanol–water partition coefficient (Wildman–Crippen LogP) is 1.35. The van der Waals surface area contributed by atoms with Crippen molar-refractivity contribution in [2.24, 2.45) is 0 Å². The van der Waals surface area contributed by atoms with E-state index in [4.69, 9.17) is 9.84 Å². The zero-order valence-corrected chi connectivity index (χ0v) is 8.80. The van der Waals surface area contributed by atoms with Crippen molar-refractivity contribution in [2.45, 2.75) is 12.2 Å². The van der Waals surface area contributed by atoms with Gasteiger partial charge in [-0.2, -0.15) is 0 Å². The molecule has 0 aliphatic heterocycles. The molecule has 0 radical (unpaired) electrons. The Morgan fingerprint density at radius 3 is 2.75 bits per heavy atom. The Kier molecular flexibility index (Phi) is 2.53. The van der Waals surface area contributed by atoms with Crippen molar-refractivity contribution < 1.29 is 19.7 Å². The van der Waals surface area contributed by atoms with E-state index in [1.54, 1.807) is 30.3 Å². The number of carboxylic acids is 1. The molecule has 84 valence electrons. The number of carboxylic acid groups (broad SMARTS) is 1. The largest absolute Gasteiger partial charge is 0.478 e. The topological polar surface area (TPSA) is 66.8 Å². The van der Waals surface area contributed by atoms with E-state index in [1.807, 2.05) is 0 Å². The number of aliphatic carboxylic acids is 1. The molecule has 1 unspecified atom stereocenters. The highest BCUT2D eigenvalue weighted by molar-refractivity contribution is 5.93. The molecule has 16 heavy (non-hydrogen) atoms. The predicted molar refractivity (Wildman–Crippen MR) is 57.6 cm³/mol. The summed E-state index contributed by atoms with van der Waals surface area (Å²) in [6, 6.07) is 7.05. The van der Waals surface area contributed by atoms with Gasteiger partial charge in [-0.25, -0.2) is 4.79 Å². The fourth-order valence-corrected chi connectivity index (χ4v) is 1.89. The average Bonchev–Trinajstić information content (AvgIpc) is 2.29. The van der Waals surface area contributed by atoms with Gasteiger partial charge in [0.1, 0.15) is 0 Å². The lowest BCUT2D eigenvalue weighted by Crippen LogP contribution is -2.33. The molecule has 0 aromatic heterocycles. The van der Waals surface area contributed by atoms with Gasteiger partial charge >= 0.3 is 5.97 Å². The molecule has 1 aromatic rings. The fourth-order valence-electron chi connectivity index (χ4n) is 1.89. The smallest absolute Gasteiger partial charge is 0.331 e. The Balaban J connectivity index is 2.58. The Morgan fingerprint density at radius 2 is 2.12 bits per heavy atom. The Labute approximate surface area is 92.8 Å². The maximum atomic E-state index is 10.9. The molecule has 2 rings (SSSR count). The summed E-state index contributed by atoms with van der Waals surface area (Å²) in [5.41, 5.74) is 1.42. The second-order valence-corrected chi connectivity index (χ2v) is 3.73. The van der Waals surface area contributed by atoms with Gasteiger partial charge < -0.3 is 14.9 Å². The third-order valence-electron chi connectivity index (χ3n) is 2.75. The third kappa shape index (κ3) is 1.62. The summed E-state index contributed by atoms with van der Waals surface area (Å²) in [7, 11) is 1.36. The van der Waals surface area contributed by atoms with Crippen molar-refractivity contribution in [3.05, 3.63) is 41.0 Å². The minimum atomic E-state index is -1.54. The summed E-state index contributed by atoms with van der Waals surface area (Å²) in [4.78, 5) is 10.9. The molecule has 0 saturated carbocycles. The van der Waals surface area contributed by atoms with Crippen LogP contribution in [0.3, 0.4) is 0 Å². The Bertz CT molecular complexity index is 464. The molecular weight excluding hydrogens is 208 g/mol. The highest BCUT2D eigenvalue weighted by atomic mass is 16.6. The maximum absolute atomic E-state index is 10.9. The van der Waals surface area contributed by atoms with Crippen LogP contribution in [0.15, 0.2) is 29.8 Å². The zero-order valence-electron chi connectivity index (χ0n) is 8.80. The average molecular weight is 220 g/mol. The van der Waals surface area contributed by atoms with Crippen LogP contribution in [-0.2, 0) is 15.3 Å². The lowest BCUT2D eigenvalue weighted by atomic mass is 9.87. The minimum Gasteiger partial charge on any atom is -0.478 e. The number of methoxy groups -OCH3 is 1. The Morgan fingerprint density at radius 1 is 1.44 bits per heavy atom. The first-order valence-electron chi connectivity index (χ1n) is 4.88. The van der Waals surface area contributed by atoms with Crippen LogP contribution in [0.2, 0.25) is 0 Å². The quantitative estimate of drug-likeness (QED) is 0.738. The normalized spacial score (nSPS) is 23.5. The van der Waals surface area contributed by atoms with Crippen molar-refractivity contribution >= 4 is 12.0 Å². The van der Waals surface area contributed by atoms with E-state index >= 15 is 0 Å². The van der Waals surface area contributed by atoms with Crippen molar-refractivity contribution in [2.75, 3.05) is 7.11 Å². The summed E-state index contributed by atoms with van der Waals surface area (Å²) in [5, 5.41) is 19.2. The fraction of sp³-hybridized carbons (Fsp3) is 0.250. The molecule has 1 aliphatic carbocycles. The van der Waals surface area contributed by atoms with Gasteiger partial charge in [0.05, 0.1) is 0 Å². The number of aliphatic hydroxyl groups is 1. The van der Waals surface area contributed by atoms with Gasteiger partial charge in [0.2, 0.25) is 0 Å². The highest BCUT2D eigenvalue weighted by Crippen LogP contribution is 2.37. The third-order valence-corrected chi connectivity index (χ3v) is 2.75. The lowest BCUT2D eigenvalue weighted by Gasteiger charge is -2.31. The van der Waals surface area contributed by atoms with E-state index in [2.05, 4.69) is 0 Å².